The van der Waals surface area contributed by atoms with Crippen LogP contribution in [-0.4, -0.2) is 51.3 Å². The average molecular weight is 329 g/mol. The van der Waals surface area contributed by atoms with Crippen molar-refractivity contribution in [3.05, 3.63) is 17.1 Å². The van der Waals surface area contributed by atoms with E-state index in [1.165, 1.54) is 23.5 Å². The van der Waals surface area contributed by atoms with E-state index < -0.39 is 17.9 Å². The maximum Gasteiger partial charge on any atom is 0.326 e. The highest BCUT2D eigenvalue weighted by molar-refractivity contribution is 7.98. The molecule has 2 N–H and O–H groups in total. The Kier molecular flexibility index (Phi) is 6.97. The molecule has 0 radical (unpaired) electrons. The lowest BCUT2D eigenvalue weighted by Gasteiger charge is -2.16. The fourth-order valence-electron chi connectivity index (χ4n) is 1.81. The Labute approximate surface area is 132 Å². The first-order chi connectivity index (χ1) is 9.90. The quantitative estimate of drug-likeness (QED) is 0.581. The molecule has 21 heavy (non-hydrogen) atoms. The normalized spacial score (nSPS) is 12.0. The van der Waals surface area contributed by atoms with Crippen molar-refractivity contribution in [1.29, 1.82) is 0 Å². The summed E-state index contributed by atoms with van der Waals surface area (Å²) in [6.07, 6.45) is 4.09. The maximum absolute atomic E-state index is 12.4. The van der Waals surface area contributed by atoms with Crippen LogP contribution in [0, 0.1) is 13.8 Å². The van der Waals surface area contributed by atoms with E-state index >= 15 is 0 Å². The van der Waals surface area contributed by atoms with E-state index in [9.17, 15) is 14.7 Å². The van der Waals surface area contributed by atoms with Gasteiger partial charge in [0.2, 0.25) is 0 Å². The minimum Gasteiger partial charge on any atom is -0.480 e. The van der Waals surface area contributed by atoms with Gasteiger partial charge in [-0.3, -0.25) is 4.79 Å². The summed E-state index contributed by atoms with van der Waals surface area (Å²) in [6, 6.07) is -0.902. The number of nitrogens with zero attached hydrogens (tertiary/aromatic N) is 2. The summed E-state index contributed by atoms with van der Waals surface area (Å²) in [5.74, 6) is -0.222. The maximum atomic E-state index is 12.4. The molecule has 0 bridgehead atoms. The van der Waals surface area contributed by atoms with Crippen molar-refractivity contribution in [1.82, 2.24) is 15.3 Å². The van der Waals surface area contributed by atoms with Crippen LogP contribution in [-0.2, 0) is 4.79 Å². The molecule has 1 amide bonds. The molecular formula is C13H19N3O3S2. The van der Waals surface area contributed by atoms with Crippen LogP contribution in [0.1, 0.15) is 28.3 Å². The van der Waals surface area contributed by atoms with Gasteiger partial charge in [0.15, 0.2) is 0 Å². The lowest BCUT2D eigenvalue weighted by atomic mass is 10.2. The largest absolute Gasteiger partial charge is 0.480 e. The van der Waals surface area contributed by atoms with Gasteiger partial charge < -0.3 is 10.4 Å². The number of thioether (sulfide) groups is 2. The van der Waals surface area contributed by atoms with Gasteiger partial charge in [0.05, 0.1) is 11.3 Å². The predicted octanol–water partition coefficient (Wildman–Crippen LogP) is 1.75. The molecule has 0 saturated heterocycles. The van der Waals surface area contributed by atoms with Crippen LogP contribution < -0.4 is 5.32 Å². The Morgan fingerprint density at radius 3 is 2.48 bits per heavy atom. The zero-order valence-corrected chi connectivity index (χ0v) is 14.1. The monoisotopic (exact) mass is 329 g/mol. The third-order valence-corrected chi connectivity index (χ3v) is 4.13. The van der Waals surface area contributed by atoms with E-state index in [0.717, 1.165) is 0 Å². The third kappa shape index (κ3) is 4.89. The van der Waals surface area contributed by atoms with E-state index in [1.807, 2.05) is 12.5 Å². The summed E-state index contributed by atoms with van der Waals surface area (Å²) in [5.41, 5.74) is 0.904. The van der Waals surface area contributed by atoms with Crippen LogP contribution in [0.2, 0.25) is 0 Å². The van der Waals surface area contributed by atoms with E-state index in [2.05, 4.69) is 15.3 Å². The lowest BCUT2D eigenvalue weighted by Crippen LogP contribution is -2.41. The molecule has 116 valence electrons. The van der Waals surface area contributed by atoms with Crippen LogP contribution >= 0.6 is 23.5 Å². The third-order valence-electron chi connectivity index (χ3n) is 2.80. The highest BCUT2D eigenvalue weighted by Gasteiger charge is 2.24. The number of carboxylic acid groups (broad SMARTS) is 1. The Hall–Kier alpha value is -1.28. The van der Waals surface area contributed by atoms with Crippen molar-refractivity contribution in [2.24, 2.45) is 0 Å². The number of aromatic nitrogens is 2. The summed E-state index contributed by atoms with van der Waals surface area (Å²) in [6.45, 7) is 3.48. The summed E-state index contributed by atoms with van der Waals surface area (Å²) in [4.78, 5) is 32.0. The molecule has 0 unspecified atom stereocenters. The van der Waals surface area contributed by atoms with Crippen LogP contribution in [0.3, 0.4) is 0 Å². The number of carbonyl (C=O) groups excluding carboxylic acids is 1. The molecule has 0 aliphatic heterocycles. The van der Waals surface area contributed by atoms with Gasteiger partial charge >= 0.3 is 5.97 Å². The molecule has 1 heterocycles. The van der Waals surface area contributed by atoms with Gasteiger partial charge in [0.25, 0.3) is 5.91 Å². The molecule has 6 nitrogen and oxygen atoms in total. The summed E-state index contributed by atoms with van der Waals surface area (Å²) in [5, 5.41) is 12.3. The zero-order valence-electron chi connectivity index (χ0n) is 12.5. The fourth-order valence-corrected chi connectivity index (χ4v) is 2.95. The molecular weight excluding hydrogens is 310 g/mol. The highest BCUT2D eigenvalue weighted by atomic mass is 32.2. The first-order valence-electron chi connectivity index (χ1n) is 6.32. The summed E-state index contributed by atoms with van der Waals surface area (Å²) in [7, 11) is 0. The number of hydrogen-bond donors (Lipinski definition) is 2. The van der Waals surface area contributed by atoms with Crippen LogP contribution in [0.15, 0.2) is 5.03 Å². The molecule has 0 saturated carbocycles. The molecule has 0 spiro atoms. The molecule has 1 aromatic heterocycles. The van der Waals surface area contributed by atoms with E-state index in [1.54, 1.807) is 13.8 Å². The number of aryl methyl sites for hydroxylation is 2. The first kappa shape index (κ1) is 17.8. The molecule has 1 atom stereocenters. The lowest BCUT2D eigenvalue weighted by molar-refractivity contribution is -0.139. The Morgan fingerprint density at radius 1 is 1.29 bits per heavy atom. The number of nitrogens with one attached hydrogen (secondary N) is 1. The van der Waals surface area contributed by atoms with Gasteiger partial charge in [-0.2, -0.15) is 11.8 Å². The predicted molar refractivity (Wildman–Crippen MR) is 85.2 cm³/mol. The Morgan fingerprint density at radius 2 is 1.95 bits per heavy atom. The minimum absolute atomic E-state index is 0.350. The number of aliphatic carboxylic acids is 1. The second-order valence-electron chi connectivity index (χ2n) is 4.39. The smallest absolute Gasteiger partial charge is 0.326 e. The van der Waals surface area contributed by atoms with Crippen LogP contribution in [0.5, 0.6) is 0 Å². The van der Waals surface area contributed by atoms with Gasteiger partial charge in [-0.1, -0.05) is 0 Å². The van der Waals surface area contributed by atoms with Gasteiger partial charge in [-0.05, 0) is 38.5 Å². The zero-order chi connectivity index (χ0) is 16.0. The highest BCUT2D eigenvalue weighted by Crippen LogP contribution is 2.20. The van der Waals surface area contributed by atoms with Crippen LogP contribution in [0.25, 0.3) is 0 Å². The van der Waals surface area contributed by atoms with Crippen molar-refractivity contribution in [3.63, 3.8) is 0 Å². The molecule has 0 aliphatic carbocycles. The number of carboxylic acids is 1. The summed E-state index contributed by atoms with van der Waals surface area (Å²) >= 11 is 2.88. The molecule has 0 fully saturated rings. The number of amides is 1. The topological polar surface area (TPSA) is 92.2 Å². The second kappa shape index (κ2) is 8.23. The van der Waals surface area contributed by atoms with Gasteiger partial charge in [0, 0.05) is 0 Å². The number of carbonyl (C=O) groups is 2. The number of rotatable bonds is 7. The summed E-state index contributed by atoms with van der Waals surface area (Å²) < 4.78 is 0. The van der Waals surface area contributed by atoms with E-state index in [4.69, 9.17) is 0 Å². The van der Waals surface area contributed by atoms with Crippen molar-refractivity contribution < 1.29 is 14.7 Å². The van der Waals surface area contributed by atoms with Crippen molar-refractivity contribution in [2.75, 3.05) is 18.3 Å². The van der Waals surface area contributed by atoms with Gasteiger partial charge in [0.1, 0.15) is 16.9 Å². The Bertz CT molecular complexity index is 538. The molecule has 1 aromatic rings. The SMILES string of the molecule is CSCC[C@@H](NC(=O)c1c(C)nc(C)nc1SC)C(=O)O. The molecule has 1 rings (SSSR count). The van der Waals surface area contributed by atoms with Crippen molar-refractivity contribution in [3.8, 4) is 0 Å². The van der Waals surface area contributed by atoms with E-state index in [0.29, 0.717) is 34.3 Å². The average Bonchev–Trinajstić information content (AvgIpc) is 2.41. The molecule has 0 aliphatic rings. The molecule has 0 aromatic carbocycles. The molecule has 8 heteroatoms. The van der Waals surface area contributed by atoms with Crippen molar-refractivity contribution >= 4 is 35.4 Å². The Balaban J connectivity index is 3.00. The fraction of sp³-hybridized carbons (Fsp3) is 0.538. The van der Waals surface area contributed by atoms with Crippen LogP contribution in [0.4, 0.5) is 0 Å². The van der Waals surface area contributed by atoms with Crippen molar-refractivity contribution in [2.45, 2.75) is 31.3 Å². The standard InChI is InChI=1S/C13H19N3O3S2/c1-7-10(12(21-4)15-8(2)14-7)11(17)16-9(13(18)19)5-6-20-3/h9H,5-6H2,1-4H3,(H,16,17)(H,18,19)/t9-/m1/s1. The van der Waals surface area contributed by atoms with Gasteiger partial charge in [-0.25, -0.2) is 14.8 Å². The first-order valence-corrected chi connectivity index (χ1v) is 8.94. The second-order valence-corrected chi connectivity index (χ2v) is 6.17. The van der Waals surface area contributed by atoms with Gasteiger partial charge in [-0.15, -0.1) is 11.8 Å². The minimum atomic E-state index is -1.03. The van der Waals surface area contributed by atoms with E-state index in [-0.39, 0.29) is 0 Å². The number of hydrogen-bond acceptors (Lipinski definition) is 6.